The van der Waals surface area contributed by atoms with E-state index in [0.29, 0.717) is 6.54 Å². The van der Waals surface area contributed by atoms with Crippen LogP contribution in [0.3, 0.4) is 0 Å². The second-order valence-corrected chi connectivity index (χ2v) is 7.66. The van der Waals surface area contributed by atoms with Crippen molar-refractivity contribution in [1.29, 1.82) is 0 Å². The number of likely N-dealkylation sites (tertiary alicyclic amines) is 1. The molecule has 0 unspecified atom stereocenters. The smallest absolute Gasteiger partial charge is 0.220 e. The van der Waals surface area contributed by atoms with Gasteiger partial charge in [0, 0.05) is 32.1 Å². The monoisotopic (exact) mass is 409 g/mol. The van der Waals surface area contributed by atoms with E-state index in [2.05, 4.69) is 44.2 Å². The Hall–Kier alpha value is -2.70. The molecule has 150 valence electrons. The standard InChI is InChI=1S/C22H23N5O.ClH/c1-16(28)26-15-21-22(18-10-6-3-7-11-18)23-24-27(21)20-14-25(13-19(20)26)12-17-8-4-2-5-9-17;/h2-11,19-20H,12-15H2,1H3;1H/t19-,20-;/m1./s1. The van der Waals surface area contributed by atoms with Crippen LogP contribution in [0.25, 0.3) is 11.3 Å². The zero-order valence-corrected chi connectivity index (χ0v) is 17.1. The lowest BCUT2D eigenvalue weighted by molar-refractivity contribution is -0.133. The van der Waals surface area contributed by atoms with Crippen molar-refractivity contribution in [2.75, 3.05) is 13.1 Å². The van der Waals surface area contributed by atoms with Crippen molar-refractivity contribution in [2.24, 2.45) is 0 Å². The minimum absolute atomic E-state index is 0. The largest absolute Gasteiger partial charge is 0.330 e. The summed E-state index contributed by atoms with van der Waals surface area (Å²) in [5, 5.41) is 9.00. The van der Waals surface area contributed by atoms with E-state index in [1.807, 2.05) is 41.3 Å². The van der Waals surface area contributed by atoms with Gasteiger partial charge in [0.1, 0.15) is 5.69 Å². The highest BCUT2D eigenvalue weighted by atomic mass is 35.5. The number of carbonyl (C=O) groups excluding carboxylic acids is 1. The van der Waals surface area contributed by atoms with E-state index in [-0.39, 0.29) is 30.4 Å². The first kappa shape index (κ1) is 19.6. The molecule has 0 radical (unpaired) electrons. The number of nitrogens with zero attached hydrogens (tertiary/aromatic N) is 5. The molecule has 2 atom stereocenters. The summed E-state index contributed by atoms with van der Waals surface area (Å²) in [7, 11) is 0. The van der Waals surface area contributed by atoms with Crippen molar-refractivity contribution in [2.45, 2.75) is 32.1 Å². The van der Waals surface area contributed by atoms with E-state index in [4.69, 9.17) is 0 Å². The number of rotatable bonds is 3. The average molecular weight is 410 g/mol. The molecule has 1 aromatic heterocycles. The van der Waals surface area contributed by atoms with Crippen LogP contribution in [0.1, 0.15) is 24.2 Å². The maximum absolute atomic E-state index is 12.4. The third-order valence-electron chi connectivity index (χ3n) is 5.86. The summed E-state index contributed by atoms with van der Waals surface area (Å²) in [4.78, 5) is 16.9. The van der Waals surface area contributed by atoms with Crippen molar-refractivity contribution >= 4 is 18.3 Å². The van der Waals surface area contributed by atoms with Crippen LogP contribution in [0, 0.1) is 0 Å². The third-order valence-corrected chi connectivity index (χ3v) is 5.86. The van der Waals surface area contributed by atoms with Crippen LogP contribution in [0.15, 0.2) is 60.7 Å². The topological polar surface area (TPSA) is 54.3 Å². The number of amides is 1. The molecule has 0 spiro atoms. The molecule has 1 saturated heterocycles. The predicted molar refractivity (Wildman–Crippen MR) is 113 cm³/mol. The Balaban J connectivity index is 0.00000205. The summed E-state index contributed by atoms with van der Waals surface area (Å²) >= 11 is 0. The van der Waals surface area contributed by atoms with Crippen LogP contribution in [0.2, 0.25) is 0 Å². The van der Waals surface area contributed by atoms with E-state index in [1.165, 1.54) is 5.56 Å². The number of benzene rings is 2. The van der Waals surface area contributed by atoms with Crippen LogP contribution < -0.4 is 0 Å². The predicted octanol–water partition coefficient (Wildman–Crippen LogP) is 3.15. The van der Waals surface area contributed by atoms with Crippen molar-refractivity contribution in [1.82, 2.24) is 24.8 Å². The van der Waals surface area contributed by atoms with E-state index in [9.17, 15) is 4.79 Å². The van der Waals surface area contributed by atoms with Crippen molar-refractivity contribution in [3.05, 3.63) is 71.9 Å². The molecule has 2 aromatic carbocycles. The van der Waals surface area contributed by atoms with Gasteiger partial charge in [-0.25, -0.2) is 4.68 Å². The fraction of sp³-hybridized carbons (Fsp3) is 0.318. The normalized spacial score (nSPS) is 20.7. The number of carbonyl (C=O) groups is 1. The zero-order valence-electron chi connectivity index (χ0n) is 16.3. The highest BCUT2D eigenvalue weighted by Crippen LogP contribution is 2.36. The Labute approximate surface area is 176 Å². The number of halogens is 1. The maximum atomic E-state index is 12.4. The Morgan fingerprint density at radius 1 is 1.00 bits per heavy atom. The van der Waals surface area contributed by atoms with Crippen LogP contribution in [0.4, 0.5) is 0 Å². The molecule has 29 heavy (non-hydrogen) atoms. The van der Waals surface area contributed by atoms with Crippen molar-refractivity contribution in [3.63, 3.8) is 0 Å². The van der Waals surface area contributed by atoms with Crippen molar-refractivity contribution in [3.8, 4) is 11.3 Å². The summed E-state index contributed by atoms with van der Waals surface area (Å²) in [5.41, 5.74) is 4.25. The van der Waals surface area contributed by atoms with E-state index < -0.39 is 0 Å². The second-order valence-electron chi connectivity index (χ2n) is 7.66. The first-order valence-corrected chi connectivity index (χ1v) is 9.73. The van der Waals surface area contributed by atoms with E-state index >= 15 is 0 Å². The third kappa shape index (κ3) is 3.54. The van der Waals surface area contributed by atoms with Gasteiger partial charge in [0.05, 0.1) is 24.3 Å². The molecular weight excluding hydrogens is 386 g/mol. The van der Waals surface area contributed by atoms with Crippen LogP contribution in [0.5, 0.6) is 0 Å². The minimum atomic E-state index is 0. The van der Waals surface area contributed by atoms with Crippen LogP contribution in [-0.2, 0) is 17.9 Å². The lowest BCUT2D eigenvalue weighted by Crippen LogP contribution is -2.48. The van der Waals surface area contributed by atoms with Crippen LogP contribution >= 0.6 is 12.4 Å². The van der Waals surface area contributed by atoms with Gasteiger partial charge in [0.15, 0.2) is 0 Å². The molecule has 2 aliphatic heterocycles. The molecule has 3 heterocycles. The van der Waals surface area contributed by atoms with E-state index in [1.54, 1.807) is 6.92 Å². The average Bonchev–Trinajstić information content (AvgIpc) is 3.32. The fourth-order valence-electron chi connectivity index (χ4n) is 4.54. The van der Waals surface area contributed by atoms with Gasteiger partial charge in [-0.2, -0.15) is 0 Å². The molecule has 1 amide bonds. The highest BCUT2D eigenvalue weighted by Gasteiger charge is 2.44. The van der Waals surface area contributed by atoms with Gasteiger partial charge in [-0.3, -0.25) is 9.69 Å². The fourth-order valence-corrected chi connectivity index (χ4v) is 4.54. The lowest BCUT2D eigenvalue weighted by atomic mass is 10.0. The molecule has 2 aliphatic rings. The first-order chi connectivity index (χ1) is 13.7. The zero-order chi connectivity index (χ0) is 19.1. The van der Waals surface area contributed by atoms with Gasteiger partial charge in [-0.15, -0.1) is 17.5 Å². The molecule has 0 saturated carbocycles. The number of aromatic nitrogens is 3. The quantitative estimate of drug-likeness (QED) is 0.666. The molecule has 6 nitrogen and oxygen atoms in total. The molecule has 0 bridgehead atoms. The number of hydrogen-bond acceptors (Lipinski definition) is 4. The summed E-state index contributed by atoms with van der Waals surface area (Å²) in [6.45, 7) is 4.84. The number of hydrogen-bond donors (Lipinski definition) is 0. The maximum Gasteiger partial charge on any atom is 0.220 e. The molecule has 3 aromatic rings. The van der Waals surface area contributed by atoms with Crippen LogP contribution in [-0.4, -0.2) is 49.8 Å². The number of fused-ring (bicyclic) bond motifs is 3. The molecule has 7 heteroatoms. The summed E-state index contributed by atoms with van der Waals surface area (Å²) in [6.07, 6.45) is 0. The van der Waals surface area contributed by atoms with Crippen molar-refractivity contribution < 1.29 is 4.79 Å². The molecule has 0 aliphatic carbocycles. The summed E-state index contributed by atoms with van der Waals surface area (Å²) < 4.78 is 2.07. The summed E-state index contributed by atoms with van der Waals surface area (Å²) in [6, 6.07) is 20.9. The van der Waals surface area contributed by atoms with Gasteiger partial charge in [0.2, 0.25) is 5.91 Å². The first-order valence-electron chi connectivity index (χ1n) is 9.73. The Kier molecular flexibility index (Phi) is 5.39. The van der Waals surface area contributed by atoms with E-state index in [0.717, 1.165) is 36.6 Å². The Morgan fingerprint density at radius 3 is 2.34 bits per heavy atom. The lowest BCUT2D eigenvalue weighted by Gasteiger charge is -2.36. The Bertz CT molecular complexity index is 991. The Morgan fingerprint density at radius 2 is 1.66 bits per heavy atom. The highest BCUT2D eigenvalue weighted by molar-refractivity contribution is 5.85. The SMILES string of the molecule is CC(=O)N1Cc2c(-c3ccccc3)nnn2[C@@H]2CN(Cc3ccccc3)C[C@H]21.Cl. The van der Waals surface area contributed by atoms with Gasteiger partial charge in [-0.05, 0) is 5.56 Å². The molecule has 0 N–H and O–H groups in total. The van der Waals surface area contributed by atoms with Gasteiger partial charge >= 0.3 is 0 Å². The van der Waals surface area contributed by atoms with Gasteiger partial charge in [-0.1, -0.05) is 65.9 Å². The summed E-state index contributed by atoms with van der Waals surface area (Å²) in [5.74, 6) is 0.114. The molecular formula is C22H24ClN5O. The van der Waals surface area contributed by atoms with Gasteiger partial charge in [0.25, 0.3) is 0 Å². The van der Waals surface area contributed by atoms with Gasteiger partial charge < -0.3 is 4.90 Å². The second kappa shape index (κ2) is 7.97. The minimum Gasteiger partial charge on any atom is -0.330 e. The molecule has 1 fully saturated rings. The molecule has 5 rings (SSSR count).